The number of nitrogens with one attached hydrogen (secondary N) is 1. The highest BCUT2D eigenvalue weighted by Crippen LogP contribution is 2.22. The minimum atomic E-state index is -3.73. The third-order valence-electron chi connectivity index (χ3n) is 3.81. The van der Waals surface area contributed by atoms with Crippen molar-refractivity contribution >= 4 is 28.3 Å². The quantitative estimate of drug-likeness (QED) is 0.753. The van der Waals surface area contributed by atoms with Gasteiger partial charge in [-0.15, -0.1) is 12.4 Å². The van der Waals surface area contributed by atoms with Crippen LogP contribution in [0.15, 0.2) is 23.1 Å². The number of nitrogens with two attached hydrogens (primary N) is 1. The van der Waals surface area contributed by atoms with Gasteiger partial charge in [-0.2, -0.15) is 0 Å². The lowest BCUT2D eigenvalue weighted by molar-refractivity contribution is -0.130. The third-order valence-corrected chi connectivity index (χ3v) is 5.21. The van der Waals surface area contributed by atoms with Gasteiger partial charge in [-0.1, -0.05) is 6.07 Å². The fourth-order valence-corrected chi connectivity index (χ4v) is 3.11. The van der Waals surface area contributed by atoms with Crippen molar-refractivity contribution in [1.29, 1.82) is 0 Å². The fraction of sp³-hybridized carbons (Fsp3) is 0.500. The number of fused-ring (bicyclic) bond motifs is 1. The first-order valence-electron chi connectivity index (χ1n) is 7.00. The van der Waals surface area contributed by atoms with Crippen LogP contribution in [0, 0.1) is 0 Å². The third kappa shape index (κ3) is 4.65. The van der Waals surface area contributed by atoms with Crippen molar-refractivity contribution in [2.24, 2.45) is 5.73 Å². The number of nitrogens with zero attached hydrogens (tertiary/aromatic N) is 1. The normalized spacial score (nSPS) is 14.7. The minimum absolute atomic E-state index is 0. The van der Waals surface area contributed by atoms with Crippen molar-refractivity contribution in [2.45, 2.75) is 31.1 Å². The van der Waals surface area contributed by atoms with E-state index in [-0.39, 0.29) is 35.8 Å². The van der Waals surface area contributed by atoms with Crippen molar-refractivity contribution < 1.29 is 17.9 Å². The van der Waals surface area contributed by atoms with Crippen LogP contribution in [0.4, 0.5) is 0 Å². The van der Waals surface area contributed by atoms with E-state index in [9.17, 15) is 13.2 Å². The summed E-state index contributed by atoms with van der Waals surface area (Å²) >= 11 is 0. The molecule has 1 aliphatic heterocycles. The highest BCUT2D eigenvalue weighted by molar-refractivity contribution is 7.89. The molecule has 130 valence electrons. The summed E-state index contributed by atoms with van der Waals surface area (Å²) in [6.45, 7) is 2.74. The van der Waals surface area contributed by atoms with E-state index >= 15 is 0 Å². The molecule has 0 saturated heterocycles. The van der Waals surface area contributed by atoms with E-state index in [1.54, 1.807) is 26.1 Å². The Hall–Kier alpha value is -1.19. The summed E-state index contributed by atoms with van der Waals surface area (Å²) in [6.07, 6.45) is 0. The molecule has 1 unspecified atom stereocenters. The molecule has 1 atom stereocenters. The number of amides is 1. The second-order valence-corrected chi connectivity index (χ2v) is 7.10. The molecule has 3 N–H and O–H groups in total. The number of hydrogen-bond acceptors (Lipinski definition) is 5. The molecular formula is C14H22ClN3O4S. The summed E-state index contributed by atoms with van der Waals surface area (Å²) in [5.74, 6) is -0.328. The van der Waals surface area contributed by atoms with E-state index in [1.807, 2.05) is 0 Å². The van der Waals surface area contributed by atoms with Gasteiger partial charge in [0, 0.05) is 19.6 Å². The molecule has 0 aliphatic carbocycles. The molecule has 0 aromatic heterocycles. The van der Waals surface area contributed by atoms with E-state index in [0.29, 0.717) is 19.8 Å². The topological polar surface area (TPSA) is 102 Å². The Morgan fingerprint density at radius 1 is 1.39 bits per heavy atom. The molecule has 0 spiro atoms. The van der Waals surface area contributed by atoms with Crippen molar-refractivity contribution in [3.8, 4) is 0 Å². The molecule has 1 aromatic rings. The Morgan fingerprint density at radius 3 is 2.70 bits per heavy atom. The minimum Gasteiger partial charge on any atom is -0.372 e. The first-order chi connectivity index (χ1) is 10.3. The Balaban J connectivity index is 0.00000264. The molecule has 0 radical (unpaired) electrons. The van der Waals surface area contributed by atoms with Gasteiger partial charge in [0.25, 0.3) is 0 Å². The molecule has 0 bridgehead atoms. The van der Waals surface area contributed by atoms with Crippen LogP contribution in [-0.4, -0.2) is 45.4 Å². The molecule has 1 aromatic carbocycles. The molecule has 9 heteroatoms. The van der Waals surface area contributed by atoms with Crippen LogP contribution in [0.25, 0.3) is 0 Å². The van der Waals surface area contributed by atoms with Crippen molar-refractivity contribution in [3.63, 3.8) is 0 Å². The Labute approximate surface area is 142 Å². The molecule has 23 heavy (non-hydrogen) atoms. The number of sulfonamides is 1. The SMILES string of the molecule is CC(CN)N(C)C(=O)CNS(=O)(=O)c1ccc2c(c1)COC2.Cl. The number of halogens is 1. The number of carbonyl (C=O) groups is 1. The lowest BCUT2D eigenvalue weighted by atomic mass is 10.1. The van der Waals surface area contributed by atoms with Gasteiger partial charge in [-0.05, 0) is 30.2 Å². The predicted molar refractivity (Wildman–Crippen MR) is 88.7 cm³/mol. The van der Waals surface area contributed by atoms with Crippen LogP contribution < -0.4 is 10.5 Å². The van der Waals surface area contributed by atoms with Gasteiger partial charge in [-0.25, -0.2) is 13.1 Å². The van der Waals surface area contributed by atoms with Crippen LogP contribution >= 0.6 is 12.4 Å². The molecule has 0 fully saturated rings. The lowest BCUT2D eigenvalue weighted by Gasteiger charge is -2.23. The molecule has 0 saturated carbocycles. The zero-order chi connectivity index (χ0) is 16.3. The monoisotopic (exact) mass is 363 g/mol. The van der Waals surface area contributed by atoms with Gasteiger partial charge in [-0.3, -0.25) is 4.79 Å². The lowest BCUT2D eigenvalue weighted by Crippen LogP contribution is -2.44. The second kappa shape index (κ2) is 8.07. The first-order valence-corrected chi connectivity index (χ1v) is 8.48. The highest BCUT2D eigenvalue weighted by Gasteiger charge is 2.21. The number of hydrogen-bond donors (Lipinski definition) is 2. The van der Waals surface area contributed by atoms with Crippen molar-refractivity contribution in [1.82, 2.24) is 9.62 Å². The Bertz CT molecular complexity index is 666. The number of rotatable bonds is 6. The number of ether oxygens (including phenoxy) is 1. The average Bonchev–Trinajstić information content (AvgIpc) is 2.98. The molecule has 1 amide bonds. The van der Waals surface area contributed by atoms with E-state index in [0.717, 1.165) is 11.1 Å². The number of benzene rings is 1. The summed E-state index contributed by atoms with van der Waals surface area (Å²) in [7, 11) is -2.13. The maximum Gasteiger partial charge on any atom is 0.241 e. The standard InChI is InChI=1S/C14H21N3O4S.ClH/c1-10(6-15)17(2)14(18)7-16-22(19,20)13-4-3-11-8-21-9-12(11)5-13;/h3-5,10,16H,6-9,15H2,1-2H3;1H. The number of likely N-dealkylation sites (N-methyl/N-ethyl adjacent to an activating group) is 1. The van der Waals surface area contributed by atoms with Crippen LogP contribution in [-0.2, 0) is 32.8 Å². The predicted octanol–water partition coefficient (Wildman–Crippen LogP) is 0.223. The van der Waals surface area contributed by atoms with E-state index in [1.165, 1.54) is 11.0 Å². The van der Waals surface area contributed by atoms with Gasteiger partial charge in [0.05, 0.1) is 24.7 Å². The van der Waals surface area contributed by atoms with Crippen LogP contribution in [0.1, 0.15) is 18.1 Å². The van der Waals surface area contributed by atoms with Crippen LogP contribution in [0.2, 0.25) is 0 Å². The molecule has 1 aliphatic rings. The fourth-order valence-electron chi connectivity index (χ4n) is 2.08. The summed E-state index contributed by atoms with van der Waals surface area (Å²) in [6, 6.07) is 4.70. The van der Waals surface area contributed by atoms with Gasteiger partial charge in [0.2, 0.25) is 15.9 Å². The van der Waals surface area contributed by atoms with Gasteiger partial charge in [0.15, 0.2) is 0 Å². The molecule has 1 heterocycles. The van der Waals surface area contributed by atoms with Gasteiger partial charge in [0.1, 0.15) is 0 Å². The average molecular weight is 364 g/mol. The summed E-state index contributed by atoms with van der Waals surface area (Å²) in [5.41, 5.74) is 7.35. The first kappa shape index (κ1) is 19.9. The zero-order valence-corrected chi connectivity index (χ0v) is 14.7. The van der Waals surface area contributed by atoms with E-state index < -0.39 is 10.0 Å². The van der Waals surface area contributed by atoms with Gasteiger partial charge < -0.3 is 15.4 Å². The zero-order valence-electron chi connectivity index (χ0n) is 13.1. The number of carbonyl (C=O) groups excluding carboxylic acids is 1. The van der Waals surface area contributed by atoms with Crippen LogP contribution in [0.5, 0.6) is 0 Å². The molecule has 2 rings (SSSR count). The summed E-state index contributed by atoms with van der Waals surface area (Å²) in [4.78, 5) is 13.5. The maximum absolute atomic E-state index is 12.3. The summed E-state index contributed by atoms with van der Waals surface area (Å²) < 4.78 is 32.1. The van der Waals surface area contributed by atoms with E-state index in [4.69, 9.17) is 10.5 Å². The molecular weight excluding hydrogens is 342 g/mol. The van der Waals surface area contributed by atoms with Crippen molar-refractivity contribution in [3.05, 3.63) is 29.3 Å². The summed E-state index contributed by atoms with van der Waals surface area (Å²) in [5, 5.41) is 0. The highest BCUT2D eigenvalue weighted by atomic mass is 35.5. The Morgan fingerprint density at radius 2 is 2.04 bits per heavy atom. The molecule has 7 nitrogen and oxygen atoms in total. The largest absolute Gasteiger partial charge is 0.372 e. The van der Waals surface area contributed by atoms with E-state index in [2.05, 4.69) is 4.72 Å². The smallest absolute Gasteiger partial charge is 0.241 e. The maximum atomic E-state index is 12.3. The Kier molecular flexibility index (Phi) is 6.97. The van der Waals surface area contributed by atoms with Crippen molar-refractivity contribution in [2.75, 3.05) is 20.1 Å². The van der Waals surface area contributed by atoms with Gasteiger partial charge >= 0.3 is 0 Å². The second-order valence-electron chi connectivity index (χ2n) is 5.34. The van der Waals surface area contributed by atoms with Crippen LogP contribution in [0.3, 0.4) is 0 Å².